The number of halogens is 2. The number of Topliss-reactive ketones (excluding diaryl/α,β-unsaturated/α-hetero) is 1. The molecule has 4 rings (SSSR count). The number of aliphatic hydroxyl groups is 1. The van der Waals surface area contributed by atoms with Gasteiger partial charge in [-0.2, -0.15) is 0 Å². The standard InChI is InChI=1S/C22H19ClFNO4/c23-15-7-3-13(4-8-15)19-18(20(26)14-5-9-16(24)10-6-14)21(27)22(28)25(19)12-17-2-1-11-29-17/h3-10,17,19,26H,1-2,11-12H2/t17-,19+/m0/s1. The second kappa shape index (κ2) is 7.97. The van der Waals surface area contributed by atoms with Crippen LogP contribution in [0.4, 0.5) is 4.39 Å². The fourth-order valence-electron chi connectivity index (χ4n) is 3.83. The molecule has 2 atom stereocenters. The maximum Gasteiger partial charge on any atom is 0.295 e. The minimum absolute atomic E-state index is 0.0260. The van der Waals surface area contributed by atoms with E-state index in [-0.39, 0.29) is 29.5 Å². The van der Waals surface area contributed by atoms with E-state index in [1.807, 2.05) is 0 Å². The summed E-state index contributed by atoms with van der Waals surface area (Å²) in [6.45, 7) is 0.869. The summed E-state index contributed by atoms with van der Waals surface area (Å²) in [7, 11) is 0. The van der Waals surface area contributed by atoms with Crippen molar-refractivity contribution in [2.24, 2.45) is 0 Å². The second-order valence-corrected chi connectivity index (χ2v) is 7.58. The normalized spacial score (nSPS) is 23.7. The van der Waals surface area contributed by atoms with Gasteiger partial charge in [0.15, 0.2) is 0 Å². The zero-order valence-electron chi connectivity index (χ0n) is 15.5. The average Bonchev–Trinajstić information content (AvgIpc) is 3.31. The first-order valence-electron chi connectivity index (χ1n) is 9.37. The maximum absolute atomic E-state index is 13.3. The lowest BCUT2D eigenvalue weighted by Gasteiger charge is -2.27. The fourth-order valence-corrected chi connectivity index (χ4v) is 3.96. The van der Waals surface area contributed by atoms with Gasteiger partial charge in [0.1, 0.15) is 11.6 Å². The first kappa shape index (κ1) is 19.6. The van der Waals surface area contributed by atoms with E-state index in [4.69, 9.17) is 16.3 Å². The smallest absolute Gasteiger partial charge is 0.295 e. The Kier molecular flexibility index (Phi) is 5.39. The number of carbonyl (C=O) groups is 2. The van der Waals surface area contributed by atoms with Crippen LogP contribution in [-0.2, 0) is 14.3 Å². The molecule has 0 aliphatic carbocycles. The lowest BCUT2D eigenvalue weighted by atomic mass is 9.95. The third-order valence-electron chi connectivity index (χ3n) is 5.27. The quantitative estimate of drug-likeness (QED) is 0.464. The van der Waals surface area contributed by atoms with E-state index in [9.17, 15) is 19.1 Å². The van der Waals surface area contributed by atoms with Crippen molar-refractivity contribution >= 4 is 29.1 Å². The Bertz CT molecular complexity index is 965. The zero-order valence-corrected chi connectivity index (χ0v) is 16.2. The maximum atomic E-state index is 13.3. The summed E-state index contributed by atoms with van der Waals surface area (Å²) in [5.41, 5.74) is 0.887. The molecule has 2 saturated heterocycles. The van der Waals surface area contributed by atoms with Crippen molar-refractivity contribution in [2.45, 2.75) is 25.0 Å². The summed E-state index contributed by atoms with van der Waals surface area (Å²) in [5, 5.41) is 11.4. The van der Waals surface area contributed by atoms with Crippen LogP contribution < -0.4 is 0 Å². The van der Waals surface area contributed by atoms with E-state index in [1.165, 1.54) is 29.2 Å². The fraction of sp³-hybridized carbons (Fsp3) is 0.273. The molecule has 2 aromatic carbocycles. The number of benzene rings is 2. The molecule has 5 nitrogen and oxygen atoms in total. The summed E-state index contributed by atoms with van der Waals surface area (Å²) in [4.78, 5) is 27.1. The first-order valence-corrected chi connectivity index (χ1v) is 9.75. The van der Waals surface area contributed by atoms with E-state index in [0.29, 0.717) is 17.2 Å². The summed E-state index contributed by atoms with van der Waals surface area (Å²) >= 11 is 5.99. The molecular formula is C22H19ClFNO4. The molecule has 150 valence electrons. The summed E-state index contributed by atoms with van der Waals surface area (Å²) in [6.07, 6.45) is 1.54. The Labute approximate surface area is 172 Å². The number of carbonyl (C=O) groups excluding carboxylic acids is 2. The summed E-state index contributed by atoms with van der Waals surface area (Å²) < 4.78 is 18.9. The number of aliphatic hydroxyl groups excluding tert-OH is 1. The highest BCUT2D eigenvalue weighted by Gasteiger charge is 2.47. The number of hydrogen-bond donors (Lipinski definition) is 1. The molecule has 2 aromatic rings. The number of likely N-dealkylation sites (tertiary alicyclic amines) is 1. The van der Waals surface area contributed by atoms with Crippen LogP contribution in [0.1, 0.15) is 30.0 Å². The summed E-state index contributed by atoms with van der Waals surface area (Å²) in [5.74, 6) is -2.26. The van der Waals surface area contributed by atoms with E-state index < -0.39 is 23.5 Å². The summed E-state index contributed by atoms with van der Waals surface area (Å²) in [6, 6.07) is 11.1. The second-order valence-electron chi connectivity index (χ2n) is 7.14. The van der Waals surface area contributed by atoms with Crippen LogP contribution in [-0.4, -0.2) is 41.0 Å². The Morgan fingerprint density at radius 2 is 1.83 bits per heavy atom. The minimum atomic E-state index is -0.776. The average molecular weight is 416 g/mol. The van der Waals surface area contributed by atoms with Crippen molar-refractivity contribution in [2.75, 3.05) is 13.2 Å². The Hall–Kier alpha value is -2.70. The van der Waals surface area contributed by atoms with Crippen molar-refractivity contribution in [3.05, 3.63) is 76.1 Å². The van der Waals surface area contributed by atoms with Gasteiger partial charge in [-0.1, -0.05) is 23.7 Å². The Morgan fingerprint density at radius 3 is 2.45 bits per heavy atom. The molecule has 0 bridgehead atoms. The number of hydrogen-bond acceptors (Lipinski definition) is 4. The molecule has 2 fully saturated rings. The van der Waals surface area contributed by atoms with Crippen molar-refractivity contribution < 1.29 is 23.8 Å². The number of ether oxygens (including phenoxy) is 1. The largest absolute Gasteiger partial charge is 0.507 e. The SMILES string of the molecule is O=C1C(=O)N(C[C@@H]2CCCO2)[C@H](c2ccc(Cl)cc2)C1=C(O)c1ccc(F)cc1. The third-order valence-corrected chi connectivity index (χ3v) is 5.52. The van der Waals surface area contributed by atoms with Crippen LogP contribution in [0, 0.1) is 5.82 Å². The van der Waals surface area contributed by atoms with E-state index in [1.54, 1.807) is 24.3 Å². The molecule has 2 aliphatic heterocycles. The van der Waals surface area contributed by atoms with Crippen LogP contribution in [0.5, 0.6) is 0 Å². The number of rotatable bonds is 4. The molecule has 0 saturated carbocycles. The molecule has 29 heavy (non-hydrogen) atoms. The monoisotopic (exact) mass is 415 g/mol. The molecule has 0 aromatic heterocycles. The van der Waals surface area contributed by atoms with Crippen LogP contribution in [0.2, 0.25) is 5.02 Å². The van der Waals surface area contributed by atoms with Gasteiger partial charge in [-0.3, -0.25) is 9.59 Å². The lowest BCUT2D eigenvalue weighted by Crippen LogP contribution is -2.36. The van der Waals surface area contributed by atoms with Gasteiger partial charge in [-0.05, 0) is 54.8 Å². The van der Waals surface area contributed by atoms with Crippen LogP contribution in [0.15, 0.2) is 54.1 Å². The first-order chi connectivity index (χ1) is 14.0. The van der Waals surface area contributed by atoms with E-state index in [0.717, 1.165) is 12.8 Å². The van der Waals surface area contributed by atoms with Crippen molar-refractivity contribution in [3.63, 3.8) is 0 Å². The molecule has 0 unspecified atom stereocenters. The van der Waals surface area contributed by atoms with Gasteiger partial charge < -0.3 is 14.7 Å². The number of amides is 1. The Morgan fingerprint density at radius 1 is 1.14 bits per heavy atom. The van der Waals surface area contributed by atoms with Gasteiger partial charge in [0.05, 0.1) is 17.7 Å². The van der Waals surface area contributed by atoms with Gasteiger partial charge >= 0.3 is 0 Å². The van der Waals surface area contributed by atoms with Crippen LogP contribution in [0.3, 0.4) is 0 Å². The molecule has 2 heterocycles. The van der Waals surface area contributed by atoms with Crippen molar-refractivity contribution in [1.82, 2.24) is 4.90 Å². The highest BCUT2D eigenvalue weighted by molar-refractivity contribution is 6.46. The zero-order chi connectivity index (χ0) is 20.5. The molecule has 2 aliphatic rings. The molecular weight excluding hydrogens is 397 g/mol. The van der Waals surface area contributed by atoms with E-state index in [2.05, 4.69) is 0 Å². The van der Waals surface area contributed by atoms with Crippen molar-refractivity contribution in [3.8, 4) is 0 Å². The predicted molar refractivity (Wildman–Crippen MR) is 106 cm³/mol. The highest BCUT2D eigenvalue weighted by Crippen LogP contribution is 2.40. The van der Waals surface area contributed by atoms with Crippen molar-refractivity contribution in [1.29, 1.82) is 0 Å². The Balaban J connectivity index is 1.81. The highest BCUT2D eigenvalue weighted by atomic mass is 35.5. The minimum Gasteiger partial charge on any atom is -0.507 e. The molecule has 1 N–H and O–H groups in total. The van der Waals surface area contributed by atoms with Gasteiger partial charge in [0, 0.05) is 23.7 Å². The number of ketones is 1. The third kappa shape index (κ3) is 3.78. The van der Waals surface area contributed by atoms with Gasteiger partial charge in [-0.25, -0.2) is 4.39 Å². The van der Waals surface area contributed by atoms with Crippen LogP contribution in [0.25, 0.3) is 5.76 Å². The lowest BCUT2D eigenvalue weighted by molar-refractivity contribution is -0.140. The van der Waals surface area contributed by atoms with E-state index >= 15 is 0 Å². The molecule has 1 amide bonds. The van der Waals surface area contributed by atoms with Crippen LogP contribution >= 0.6 is 11.6 Å². The van der Waals surface area contributed by atoms with Gasteiger partial charge in [0.25, 0.3) is 11.7 Å². The predicted octanol–water partition coefficient (Wildman–Crippen LogP) is 4.08. The van der Waals surface area contributed by atoms with Gasteiger partial charge in [0.2, 0.25) is 0 Å². The molecule has 7 heteroatoms. The topological polar surface area (TPSA) is 66.8 Å². The molecule has 0 spiro atoms. The van der Waals surface area contributed by atoms with Gasteiger partial charge in [-0.15, -0.1) is 0 Å². The number of nitrogens with zero attached hydrogens (tertiary/aromatic N) is 1. The molecule has 0 radical (unpaired) electrons.